The van der Waals surface area contributed by atoms with Gasteiger partial charge in [-0.2, -0.15) is 0 Å². The Hall–Kier alpha value is -1.51. The van der Waals surface area contributed by atoms with E-state index in [0.29, 0.717) is 12.5 Å². The van der Waals surface area contributed by atoms with E-state index >= 15 is 0 Å². The molecule has 0 heterocycles. The summed E-state index contributed by atoms with van der Waals surface area (Å²) < 4.78 is 11.3. The van der Waals surface area contributed by atoms with Gasteiger partial charge >= 0.3 is 0 Å². The quantitative estimate of drug-likeness (QED) is 0.803. The largest absolute Gasteiger partial charge is 0.493 e. The SMILES string of the molecule is COc1ccc(CC(C)=O)cc1OC1CCCC1. The predicted octanol–water partition coefficient (Wildman–Crippen LogP) is 3.15. The summed E-state index contributed by atoms with van der Waals surface area (Å²) in [4.78, 5) is 11.2. The van der Waals surface area contributed by atoms with Gasteiger partial charge in [0.25, 0.3) is 0 Å². The van der Waals surface area contributed by atoms with Crippen LogP contribution in [0.3, 0.4) is 0 Å². The molecule has 2 rings (SSSR count). The number of benzene rings is 1. The molecule has 3 heteroatoms. The van der Waals surface area contributed by atoms with Crippen LogP contribution in [0.4, 0.5) is 0 Å². The second-order valence-electron chi connectivity index (χ2n) is 4.89. The summed E-state index contributed by atoms with van der Waals surface area (Å²) in [7, 11) is 1.64. The fourth-order valence-electron chi connectivity index (χ4n) is 2.40. The number of hydrogen-bond acceptors (Lipinski definition) is 3. The molecule has 0 aromatic heterocycles. The Morgan fingerprint density at radius 2 is 2.00 bits per heavy atom. The van der Waals surface area contributed by atoms with Gasteiger partial charge in [-0.1, -0.05) is 6.07 Å². The van der Waals surface area contributed by atoms with Crippen molar-refractivity contribution < 1.29 is 14.3 Å². The zero-order valence-corrected chi connectivity index (χ0v) is 11.1. The third kappa shape index (κ3) is 3.25. The maximum absolute atomic E-state index is 11.2. The molecule has 1 aliphatic carbocycles. The van der Waals surface area contributed by atoms with Crippen molar-refractivity contribution in [3.63, 3.8) is 0 Å². The first kappa shape index (κ1) is 12.9. The van der Waals surface area contributed by atoms with Crippen molar-refractivity contribution in [1.82, 2.24) is 0 Å². The number of Topliss-reactive ketones (excluding diaryl/α,β-unsaturated/α-hetero) is 1. The first-order chi connectivity index (χ1) is 8.69. The van der Waals surface area contributed by atoms with Crippen LogP contribution in [-0.2, 0) is 11.2 Å². The van der Waals surface area contributed by atoms with Crippen molar-refractivity contribution in [2.75, 3.05) is 7.11 Å². The van der Waals surface area contributed by atoms with Crippen molar-refractivity contribution in [2.45, 2.75) is 45.1 Å². The van der Waals surface area contributed by atoms with Gasteiger partial charge in [0.15, 0.2) is 11.5 Å². The third-order valence-corrected chi connectivity index (χ3v) is 3.28. The number of rotatable bonds is 5. The predicted molar refractivity (Wildman–Crippen MR) is 70.3 cm³/mol. The summed E-state index contributed by atoms with van der Waals surface area (Å²) in [5.74, 6) is 1.67. The van der Waals surface area contributed by atoms with Crippen molar-refractivity contribution in [2.24, 2.45) is 0 Å². The molecule has 1 aliphatic rings. The van der Waals surface area contributed by atoms with Gasteiger partial charge in [0.1, 0.15) is 5.78 Å². The van der Waals surface area contributed by atoms with E-state index in [1.165, 1.54) is 12.8 Å². The molecule has 1 aromatic rings. The van der Waals surface area contributed by atoms with E-state index in [4.69, 9.17) is 9.47 Å². The molecule has 1 fully saturated rings. The van der Waals surface area contributed by atoms with E-state index in [0.717, 1.165) is 29.9 Å². The van der Waals surface area contributed by atoms with Gasteiger partial charge < -0.3 is 9.47 Å². The maximum atomic E-state index is 11.2. The lowest BCUT2D eigenvalue weighted by Gasteiger charge is -2.16. The first-order valence-corrected chi connectivity index (χ1v) is 6.52. The summed E-state index contributed by atoms with van der Waals surface area (Å²) in [6.07, 6.45) is 5.44. The van der Waals surface area contributed by atoms with Gasteiger partial charge in [-0.25, -0.2) is 0 Å². The zero-order valence-electron chi connectivity index (χ0n) is 11.1. The average molecular weight is 248 g/mol. The molecule has 0 radical (unpaired) electrons. The second-order valence-corrected chi connectivity index (χ2v) is 4.89. The molecule has 0 saturated heterocycles. The number of hydrogen-bond donors (Lipinski definition) is 0. The van der Waals surface area contributed by atoms with E-state index in [1.54, 1.807) is 14.0 Å². The van der Waals surface area contributed by atoms with E-state index in [1.807, 2.05) is 18.2 Å². The molecular formula is C15H20O3. The minimum absolute atomic E-state index is 0.159. The van der Waals surface area contributed by atoms with E-state index in [9.17, 15) is 4.79 Å². The Morgan fingerprint density at radius 3 is 2.61 bits per heavy atom. The zero-order chi connectivity index (χ0) is 13.0. The average Bonchev–Trinajstić information content (AvgIpc) is 2.81. The van der Waals surface area contributed by atoms with Gasteiger partial charge in [0.2, 0.25) is 0 Å². The molecule has 1 aromatic carbocycles. The van der Waals surface area contributed by atoms with Crippen LogP contribution in [0.2, 0.25) is 0 Å². The molecule has 1 saturated carbocycles. The van der Waals surface area contributed by atoms with Crippen LogP contribution in [0.5, 0.6) is 11.5 Å². The van der Waals surface area contributed by atoms with Gasteiger partial charge in [-0.15, -0.1) is 0 Å². The van der Waals surface area contributed by atoms with Crippen LogP contribution in [0, 0.1) is 0 Å². The van der Waals surface area contributed by atoms with Crippen LogP contribution < -0.4 is 9.47 Å². The molecule has 98 valence electrons. The minimum Gasteiger partial charge on any atom is -0.493 e. The summed E-state index contributed by atoms with van der Waals surface area (Å²) >= 11 is 0. The minimum atomic E-state index is 0.159. The van der Waals surface area contributed by atoms with Crippen LogP contribution >= 0.6 is 0 Å². The molecular weight excluding hydrogens is 228 g/mol. The smallest absolute Gasteiger partial charge is 0.161 e. The highest BCUT2D eigenvalue weighted by molar-refractivity contribution is 5.78. The highest BCUT2D eigenvalue weighted by atomic mass is 16.5. The van der Waals surface area contributed by atoms with Gasteiger partial charge in [-0.3, -0.25) is 4.79 Å². The molecule has 0 unspecified atom stereocenters. The molecule has 0 N–H and O–H groups in total. The van der Waals surface area contributed by atoms with Crippen LogP contribution in [0.15, 0.2) is 18.2 Å². The molecule has 0 aliphatic heterocycles. The summed E-state index contributed by atoms with van der Waals surface area (Å²) in [5, 5.41) is 0. The van der Waals surface area contributed by atoms with E-state index < -0.39 is 0 Å². The monoisotopic (exact) mass is 248 g/mol. The fourth-order valence-corrected chi connectivity index (χ4v) is 2.40. The van der Waals surface area contributed by atoms with Crippen LogP contribution in [0.25, 0.3) is 0 Å². The van der Waals surface area contributed by atoms with Gasteiger partial charge in [0.05, 0.1) is 13.2 Å². The Balaban J connectivity index is 2.15. The van der Waals surface area contributed by atoms with Crippen molar-refractivity contribution in [3.05, 3.63) is 23.8 Å². The lowest BCUT2D eigenvalue weighted by atomic mass is 10.1. The van der Waals surface area contributed by atoms with Crippen molar-refractivity contribution in [1.29, 1.82) is 0 Å². The summed E-state index contributed by atoms with van der Waals surface area (Å²) in [6, 6.07) is 5.73. The summed E-state index contributed by atoms with van der Waals surface area (Å²) in [5.41, 5.74) is 0.983. The molecule has 0 atom stereocenters. The molecule has 0 bridgehead atoms. The highest BCUT2D eigenvalue weighted by Crippen LogP contribution is 2.32. The second kappa shape index (κ2) is 5.89. The fraction of sp³-hybridized carbons (Fsp3) is 0.533. The van der Waals surface area contributed by atoms with E-state index in [-0.39, 0.29) is 5.78 Å². The highest BCUT2D eigenvalue weighted by Gasteiger charge is 2.18. The molecule has 0 amide bonds. The topological polar surface area (TPSA) is 35.5 Å². The number of methoxy groups -OCH3 is 1. The standard InChI is InChI=1S/C15H20O3/c1-11(16)9-12-7-8-14(17-2)15(10-12)18-13-5-3-4-6-13/h7-8,10,13H,3-6,9H2,1-2H3. The Bertz CT molecular complexity index is 420. The number of ketones is 1. The normalized spacial score (nSPS) is 15.7. The van der Waals surface area contributed by atoms with Gasteiger partial charge in [0, 0.05) is 6.42 Å². The number of ether oxygens (including phenoxy) is 2. The van der Waals surface area contributed by atoms with E-state index in [2.05, 4.69) is 0 Å². The molecule has 3 nitrogen and oxygen atoms in total. The van der Waals surface area contributed by atoms with Crippen molar-refractivity contribution in [3.8, 4) is 11.5 Å². The van der Waals surface area contributed by atoms with Gasteiger partial charge in [-0.05, 0) is 50.3 Å². The van der Waals surface area contributed by atoms with Crippen LogP contribution in [0.1, 0.15) is 38.2 Å². The Kier molecular flexibility index (Phi) is 4.24. The maximum Gasteiger partial charge on any atom is 0.161 e. The number of carbonyl (C=O) groups excluding carboxylic acids is 1. The third-order valence-electron chi connectivity index (χ3n) is 3.28. The first-order valence-electron chi connectivity index (χ1n) is 6.52. The molecule has 0 spiro atoms. The summed E-state index contributed by atoms with van der Waals surface area (Å²) in [6.45, 7) is 1.60. The lowest BCUT2D eigenvalue weighted by Crippen LogP contribution is -2.12. The molecule has 18 heavy (non-hydrogen) atoms. The van der Waals surface area contributed by atoms with Crippen molar-refractivity contribution >= 4 is 5.78 Å². The van der Waals surface area contributed by atoms with Crippen LogP contribution in [-0.4, -0.2) is 19.0 Å². The Labute approximate surface area is 108 Å². The Morgan fingerprint density at radius 1 is 1.28 bits per heavy atom. The number of carbonyl (C=O) groups is 1. The lowest BCUT2D eigenvalue weighted by molar-refractivity contribution is -0.116.